The number of pyridine rings is 1. The highest BCUT2D eigenvalue weighted by Crippen LogP contribution is 2.21. The second-order valence-electron chi connectivity index (χ2n) is 13.2. The van der Waals surface area contributed by atoms with Crippen LogP contribution in [-0.2, 0) is 27.2 Å². The molecule has 0 saturated carbocycles. The Bertz CT molecular complexity index is 1410. The molecule has 3 rings (SSSR count). The molecule has 4 N–H and O–H groups in total. The third-order valence-corrected chi connectivity index (χ3v) is 7.00. The number of ether oxygens (including phenoxy) is 2. The van der Waals surface area contributed by atoms with Gasteiger partial charge in [0, 0.05) is 24.8 Å². The van der Waals surface area contributed by atoms with Gasteiger partial charge in [-0.05, 0) is 55.9 Å². The van der Waals surface area contributed by atoms with Crippen LogP contribution in [0.3, 0.4) is 0 Å². The number of amides is 3. The molecule has 11 nitrogen and oxygen atoms in total. The number of aliphatic hydroxyl groups is 1. The van der Waals surface area contributed by atoms with Crippen molar-refractivity contribution in [3.8, 4) is 11.3 Å². The number of hydrazine groups is 1. The number of benzene rings is 2. The molecule has 0 spiro atoms. The summed E-state index contributed by atoms with van der Waals surface area (Å²) >= 11 is 0. The summed E-state index contributed by atoms with van der Waals surface area (Å²) in [7, 11) is 1.23. The van der Waals surface area contributed by atoms with Crippen molar-refractivity contribution in [2.75, 3.05) is 13.7 Å². The third kappa shape index (κ3) is 11.8. The summed E-state index contributed by atoms with van der Waals surface area (Å²) in [5.74, 6) is -0.491. The molecular weight excluding hydrogens is 586 g/mol. The fourth-order valence-corrected chi connectivity index (χ4v) is 4.72. The first-order chi connectivity index (χ1) is 21.6. The highest BCUT2D eigenvalue weighted by molar-refractivity contribution is 5.86. The molecule has 248 valence electrons. The molecule has 1 aromatic heterocycles. The molecule has 0 radical (unpaired) electrons. The minimum Gasteiger partial charge on any atom is -0.453 e. The number of aliphatic hydroxyl groups excluding tert-OH is 1. The van der Waals surface area contributed by atoms with Crippen molar-refractivity contribution >= 4 is 18.1 Å². The van der Waals surface area contributed by atoms with Crippen molar-refractivity contribution in [1.82, 2.24) is 26.1 Å². The van der Waals surface area contributed by atoms with Gasteiger partial charge in [-0.1, -0.05) is 81.4 Å². The van der Waals surface area contributed by atoms with Gasteiger partial charge in [-0.15, -0.1) is 0 Å². The van der Waals surface area contributed by atoms with Gasteiger partial charge >= 0.3 is 12.2 Å². The maximum Gasteiger partial charge on any atom is 0.407 e. The Labute approximate surface area is 271 Å². The SMILES string of the molecule is COC(=O)N[C@H](C(=O)NN(Cc1ccc(-c2ccccn2)cc1)C[C@H](O)[C@H](Cc1ccccc1)NC(=O)OC(C)(C)C)C(C)(C)C. The lowest BCUT2D eigenvalue weighted by molar-refractivity contribution is -0.131. The fourth-order valence-electron chi connectivity index (χ4n) is 4.72. The van der Waals surface area contributed by atoms with Gasteiger partial charge in [-0.25, -0.2) is 14.6 Å². The van der Waals surface area contributed by atoms with Crippen molar-refractivity contribution in [1.29, 1.82) is 0 Å². The zero-order valence-corrected chi connectivity index (χ0v) is 27.7. The van der Waals surface area contributed by atoms with E-state index >= 15 is 0 Å². The summed E-state index contributed by atoms with van der Waals surface area (Å²) in [4.78, 5) is 43.0. The van der Waals surface area contributed by atoms with Crippen molar-refractivity contribution in [2.45, 2.75) is 78.3 Å². The molecule has 3 aromatic rings. The topological polar surface area (TPSA) is 142 Å². The number of nitrogens with zero attached hydrogens (tertiary/aromatic N) is 2. The molecule has 3 atom stereocenters. The number of alkyl carbamates (subject to hydrolysis) is 2. The predicted octanol–water partition coefficient (Wildman–Crippen LogP) is 4.85. The van der Waals surface area contributed by atoms with Crippen LogP contribution in [0.15, 0.2) is 79.0 Å². The van der Waals surface area contributed by atoms with E-state index in [1.54, 1.807) is 32.0 Å². The van der Waals surface area contributed by atoms with E-state index in [4.69, 9.17) is 9.47 Å². The highest BCUT2D eigenvalue weighted by atomic mass is 16.6. The number of carbonyl (C=O) groups is 3. The Kier molecular flexibility index (Phi) is 12.7. The molecule has 0 aliphatic carbocycles. The molecule has 0 bridgehead atoms. The quantitative estimate of drug-likeness (QED) is 0.208. The number of carbonyl (C=O) groups excluding carboxylic acids is 3. The van der Waals surface area contributed by atoms with Crippen LogP contribution in [0.4, 0.5) is 9.59 Å². The van der Waals surface area contributed by atoms with E-state index in [2.05, 4.69) is 21.0 Å². The van der Waals surface area contributed by atoms with Crippen molar-refractivity contribution in [3.63, 3.8) is 0 Å². The second-order valence-corrected chi connectivity index (χ2v) is 13.2. The number of hydrogen-bond acceptors (Lipinski definition) is 8. The Balaban J connectivity index is 1.89. The summed E-state index contributed by atoms with van der Waals surface area (Å²) in [6.45, 7) is 10.9. The first-order valence-corrected chi connectivity index (χ1v) is 15.3. The Morgan fingerprint density at radius 1 is 0.848 bits per heavy atom. The van der Waals surface area contributed by atoms with Gasteiger partial charge in [0.2, 0.25) is 0 Å². The van der Waals surface area contributed by atoms with E-state index in [0.717, 1.165) is 22.4 Å². The van der Waals surface area contributed by atoms with Crippen LogP contribution in [0, 0.1) is 5.41 Å². The smallest absolute Gasteiger partial charge is 0.407 e. The molecule has 46 heavy (non-hydrogen) atoms. The first kappa shape index (κ1) is 36.0. The van der Waals surface area contributed by atoms with Crippen LogP contribution in [-0.4, -0.2) is 70.6 Å². The van der Waals surface area contributed by atoms with Gasteiger partial charge in [0.1, 0.15) is 11.6 Å². The normalized spacial score (nSPS) is 13.7. The molecule has 3 amide bonds. The largest absolute Gasteiger partial charge is 0.453 e. The van der Waals surface area contributed by atoms with Crippen LogP contribution in [0.1, 0.15) is 52.7 Å². The predicted molar refractivity (Wildman–Crippen MR) is 176 cm³/mol. The van der Waals surface area contributed by atoms with Gasteiger partial charge in [-0.3, -0.25) is 15.2 Å². The minimum atomic E-state index is -1.14. The molecule has 0 aliphatic rings. The zero-order valence-electron chi connectivity index (χ0n) is 27.7. The van der Waals surface area contributed by atoms with Gasteiger partial charge in [0.15, 0.2) is 0 Å². The molecule has 0 aliphatic heterocycles. The van der Waals surface area contributed by atoms with E-state index in [0.29, 0.717) is 6.42 Å². The maximum atomic E-state index is 13.7. The Hall–Kier alpha value is -4.48. The number of aromatic nitrogens is 1. The summed E-state index contributed by atoms with van der Waals surface area (Å²) in [6, 6.07) is 21.2. The molecule has 2 aromatic carbocycles. The van der Waals surface area contributed by atoms with Crippen molar-refractivity contribution < 1.29 is 29.0 Å². The second kappa shape index (κ2) is 16.2. The van der Waals surface area contributed by atoms with Crippen LogP contribution in [0.5, 0.6) is 0 Å². The molecule has 0 unspecified atom stereocenters. The van der Waals surface area contributed by atoms with E-state index < -0.39 is 47.3 Å². The molecule has 11 heteroatoms. The Morgan fingerprint density at radius 3 is 2.07 bits per heavy atom. The number of methoxy groups -OCH3 is 1. The minimum absolute atomic E-state index is 0.0594. The lowest BCUT2D eigenvalue weighted by Crippen LogP contribution is -2.59. The summed E-state index contributed by atoms with van der Waals surface area (Å²) < 4.78 is 10.2. The zero-order chi connectivity index (χ0) is 33.9. The van der Waals surface area contributed by atoms with Gasteiger partial charge in [0.05, 0.1) is 24.9 Å². The number of rotatable bonds is 12. The highest BCUT2D eigenvalue weighted by Gasteiger charge is 2.35. The van der Waals surface area contributed by atoms with E-state index in [-0.39, 0.29) is 13.1 Å². The van der Waals surface area contributed by atoms with E-state index in [1.165, 1.54) is 7.11 Å². The molecular formula is C35H47N5O6. The van der Waals surface area contributed by atoms with Gasteiger partial charge in [-0.2, -0.15) is 0 Å². The van der Waals surface area contributed by atoms with Crippen LogP contribution in [0.2, 0.25) is 0 Å². The lowest BCUT2D eigenvalue weighted by Gasteiger charge is -2.34. The average Bonchev–Trinajstić information content (AvgIpc) is 2.99. The van der Waals surface area contributed by atoms with Crippen LogP contribution in [0.25, 0.3) is 11.3 Å². The summed E-state index contributed by atoms with van der Waals surface area (Å²) in [6.07, 6.45) is -0.495. The van der Waals surface area contributed by atoms with Crippen molar-refractivity contribution in [3.05, 3.63) is 90.1 Å². The summed E-state index contributed by atoms with van der Waals surface area (Å²) in [5.41, 5.74) is 5.00. The molecule has 1 heterocycles. The molecule has 0 saturated heterocycles. The first-order valence-electron chi connectivity index (χ1n) is 15.3. The van der Waals surface area contributed by atoms with Gasteiger partial charge in [0.25, 0.3) is 5.91 Å². The third-order valence-electron chi connectivity index (χ3n) is 7.00. The number of nitrogens with one attached hydrogen (secondary N) is 3. The standard InChI is InChI=1S/C35H47N5O6/c1-34(2,3)30(38-32(43)45-7)31(42)39-40(22-25-16-18-26(19-17-25)27-15-11-12-20-36-27)23-29(41)28(21-24-13-9-8-10-14-24)37-33(44)46-35(4,5)6/h8-20,28-30,41H,21-23H2,1-7H3,(H,37,44)(H,38,43)(H,39,42)/t28-,29-,30+/m0/s1. The van der Waals surface area contributed by atoms with E-state index in [1.807, 2.05) is 93.6 Å². The Morgan fingerprint density at radius 2 is 1.50 bits per heavy atom. The average molecular weight is 634 g/mol. The van der Waals surface area contributed by atoms with Crippen molar-refractivity contribution in [2.24, 2.45) is 5.41 Å². The summed E-state index contributed by atoms with van der Waals surface area (Å²) in [5, 5.41) is 18.6. The maximum absolute atomic E-state index is 13.7. The van der Waals surface area contributed by atoms with Gasteiger partial charge < -0.3 is 25.2 Å². The number of hydrogen-bond donors (Lipinski definition) is 4. The van der Waals surface area contributed by atoms with Crippen LogP contribution < -0.4 is 16.1 Å². The van der Waals surface area contributed by atoms with Crippen LogP contribution >= 0.6 is 0 Å². The monoisotopic (exact) mass is 633 g/mol. The molecule has 0 fully saturated rings. The fraction of sp³-hybridized carbons (Fsp3) is 0.429. The lowest BCUT2D eigenvalue weighted by atomic mass is 9.86. The van der Waals surface area contributed by atoms with E-state index in [9.17, 15) is 19.5 Å².